The minimum Gasteiger partial charge on any atom is -0.353 e. The van der Waals surface area contributed by atoms with Gasteiger partial charge in [0.25, 0.3) is 0 Å². The van der Waals surface area contributed by atoms with Crippen LogP contribution in [0.15, 0.2) is 35.7 Å². The lowest BCUT2D eigenvalue weighted by Crippen LogP contribution is -2.57. The van der Waals surface area contributed by atoms with Crippen LogP contribution in [0, 0.1) is 29.6 Å². The van der Waals surface area contributed by atoms with Gasteiger partial charge < -0.3 is 5.32 Å². The molecule has 5 fully saturated rings. The first-order valence-corrected chi connectivity index (χ1v) is 13.0. The number of piperidine rings is 1. The van der Waals surface area contributed by atoms with Crippen molar-refractivity contribution in [3.05, 3.63) is 41.3 Å². The molecule has 1 heterocycles. The van der Waals surface area contributed by atoms with Crippen molar-refractivity contribution in [2.45, 2.75) is 51.0 Å². The van der Waals surface area contributed by atoms with Crippen LogP contribution in [-0.2, 0) is 14.8 Å². The monoisotopic (exact) mass is 428 g/mol. The maximum Gasteiger partial charge on any atom is 0.236 e. The quantitative estimate of drug-likeness (QED) is 0.779. The van der Waals surface area contributed by atoms with Crippen LogP contribution in [-0.4, -0.2) is 37.8 Å². The number of nitrogens with zero attached hydrogens (tertiary/aromatic N) is 1. The first kappa shape index (κ1) is 20.3. The molecule has 162 valence electrons. The largest absolute Gasteiger partial charge is 0.353 e. The van der Waals surface area contributed by atoms with Gasteiger partial charge in [0, 0.05) is 30.5 Å². The van der Waals surface area contributed by atoms with Crippen molar-refractivity contribution in [1.82, 2.24) is 9.62 Å². The lowest BCUT2D eigenvalue weighted by molar-refractivity contribution is -0.130. The highest BCUT2D eigenvalue weighted by atomic mass is 32.2. The van der Waals surface area contributed by atoms with E-state index in [0.717, 1.165) is 17.4 Å². The summed E-state index contributed by atoms with van der Waals surface area (Å²) in [4.78, 5) is 13.0. The number of nitrogens with one attached hydrogen (secondary N) is 1. The predicted molar refractivity (Wildman–Crippen MR) is 118 cm³/mol. The van der Waals surface area contributed by atoms with Crippen molar-refractivity contribution in [3.8, 4) is 0 Å². The van der Waals surface area contributed by atoms with Crippen LogP contribution in [0.5, 0.6) is 0 Å². The predicted octanol–water partition coefficient (Wildman–Crippen LogP) is 3.64. The lowest BCUT2D eigenvalue weighted by atomic mass is 9.54. The number of carbonyl (C=O) groups is 1. The van der Waals surface area contributed by atoms with Crippen molar-refractivity contribution < 1.29 is 13.2 Å². The molecule has 4 bridgehead atoms. The first-order valence-electron chi connectivity index (χ1n) is 11.5. The average molecular weight is 429 g/mol. The zero-order valence-electron chi connectivity index (χ0n) is 17.4. The van der Waals surface area contributed by atoms with E-state index in [1.165, 1.54) is 41.8 Å². The van der Waals surface area contributed by atoms with Gasteiger partial charge in [-0.25, -0.2) is 8.42 Å². The Bertz CT molecular complexity index is 876. The Morgan fingerprint density at radius 2 is 1.53 bits per heavy atom. The lowest BCUT2D eigenvalue weighted by Gasteiger charge is -2.54. The Balaban J connectivity index is 1.15. The summed E-state index contributed by atoms with van der Waals surface area (Å²) in [5, 5.41) is 4.70. The van der Waals surface area contributed by atoms with Crippen molar-refractivity contribution in [2.24, 2.45) is 29.6 Å². The minimum atomic E-state index is -3.45. The van der Waals surface area contributed by atoms with Gasteiger partial charge in [-0.1, -0.05) is 30.3 Å². The van der Waals surface area contributed by atoms with Crippen LogP contribution >= 0.6 is 0 Å². The first-order chi connectivity index (χ1) is 14.5. The molecule has 1 saturated heterocycles. The topological polar surface area (TPSA) is 66.5 Å². The van der Waals surface area contributed by atoms with Crippen molar-refractivity contribution in [3.63, 3.8) is 0 Å². The van der Waals surface area contributed by atoms with Gasteiger partial charge in [-0.3, -0.25) is 4.79 Å². The second-order valence-electron chi connectivity index (χ2n) is 9.90. The van der Waals surface area contributed by atoms with Gasteiger partial charge in [-0.2, -0.15) is 4.31 Å². The van der Waals surface area contributed by atoms with Crippen molar-refractivity contribution in [2.75, 3.05) is 13.1 Å². The molecule has 6 rings (SSSR count). The molecule has 4 saturated carbocycles. The molecule has 0 aromatic heterocycles. The third kappa shape index (κ3) is 4.09. The number of hydrogen-bond donors (Lipinski definition) is 1. The minimum absolute atomic E-state index is 0.0632. The summed E-state index contributed by atoms with van der Waals surface area (Å²) in [6.45, 7) is 0.836. The van der Waals surface area contributed by atoms with E-state index in [1.807, 2.05) is 30.3 Å². The average Bonchev–Trinajstić information content (AvgIpc) is 2.75. The van der Waals surface area contributed by atoms with Crippen molar-refractivity contribution >= 4 is 22.0 Å². The Hall–Kier alpha value is -1.66. The highest BCUT2D eigenvalue weighted by molar-refractivity contribution is 7.92. The SMILES string of the molecule is O=C(NC1C2CC3CC(C2)CC1C3)C1CCN(S(=O)(=O)/C=C/c2ccccc2)CC1. The van der Waals surface area contributed by atoms with Crippen molar-refractivity contribution in [1.29, 1.82) is 0 Å². The van der Waals surface area contributed by atoms with E-state index in [0.29, 0.717) is 43.8 Å². The van der Waals surface area contributed by atoms with E-state index >= 15 is 0 Å². The number of rotatable bonds is 5. The molecule has 5 nitrogen and oxygen atoms in total. The van der Waals surface area contributed by atoms with E-state index in [2.05, 4.69) is 5.32 Å². The summed E-state index contributed by atoms with van der Waals surface area (Å²) in [5.41, 5.74) is 0.867. The molecule has 0 spiro atoms. The van der Waals surface area contributed by atoms with E-state index in [4.69, 9.17) is 0 Å². The van der Waals surface area contributed by atoms with Crippen LogP contribution in [0.2, 0.25) is 0 Å². The van der Waals surface area contributed by atoms with Gasteiger partial charge in [0.05, 0.1) is 0 Å². The van der Waals surface area contributed by atoms with Crippen LogP contribution in [0.3, 0.4) is 0 Å². The molecule has 0 unspecified atom stereocenters. The zero-order valence-corrected chi connectivity index (χ0v) is 18.3. The highest BCUT2D eigenvalue weighted by Crippen LogP contribution is 2.53. The smallest absolute Gasteiger partial charge is 0.236 e. The maximum atomic E-state index is 13.0. The van der Waals surface area contributed by atoms with Crippen LogP contribution < -0.4 is 5.32 Å². The number of carbonyl (C=O) groups excluding carboxylic acids is 1. The molecule has 0 atom stereocenters. The Labute approximate surface area is 180 Å². The van der Waals surface area contributed by atoms with E-state index < -0.39 is 10.0 Å². The number of hydrogen-bond acceptors (Lipinski definition) is 3. The summed E-state index contributed by atoms with van der Waals surface area (Å²) < 4.78 is 26.8. The van der Waals surface area contributed by atoms with Gasteiger partial charge >= 0.3 is 0 Å². The summed E-state index contributed by atoms with van der Waals surface area (Å²) in [6, 6.07) is 9.81. The molecule has 5 aliphatic rings. The number of sulfonamides is 1. The molecular formula is C24H32N2O3S. The number of amides is 1. The molecule has 1 aromatic rings. The maximum absolute atomic E-state index is 13.0. The Kier molecular flexibility index (Phi) is 5.48. The molecule has 1 amide bonds. The standard InChI is InChI=1S/C24H32N2O3S/c27-24(25-23-21-13-18-12-19(15-21)16-22(23)14-18)20-6-9-26(10-7-20)30(28,29)11-8-17-4-2-1-3-5-17/h1-5,8,11,18-23H,6-7,9-10,12-16H2,(H,25,27)/b11-8+. The summed E-state index contributed by atoms with van der Waals surface area (Å²) in [6.07, 6.45) is 9.45. The molecular weight excluding hydrogens is 396 g/mol. The highest BCUT2D eigenvalue weighted by Gasteiger charge is 2.49. The normalized spacial score (nSPS) is 34.5. The molecule has 6 heteroatoms. The van der Waals surface area contributed by atoms with Crippen LogP contribution in [0.1, 0.15) is 50.5 Å². The van der Waals surface area contributed by atoms with Gasteiger partial charge in [-0.05, 0) is 80.3 Å². The summed E-state index contributed by atoms with van der Waals surface area (Å²) in [7, 11) is -3.45. The molecule has 1 aliphatic heterocycles. The van der Waals surface area contributed by atoms with Gasteiger partial charge in [-0.15, -0.1) is 0 Å². The van der Waals surface area contributed by atoms with Crippen LogP contribution in [0.4, 0.5) is 0 Å². The molecule has 30 heavy (non-hydrogen) atoms. The van der Waals surface area contributed by atoms with E-state index in [1.54, 1.807) is 6.08 Å². The summed E-state index contributed by atoms with van der Waals surface area (Å²) in [5.74, 6) is 3.25. The van der Waals surface area contributed by atoms with E-state index in [-0.39, 0.29) is 11.8 Å². The second kappa shape index (κ2) is 8.12. The fraction of sp³-hybridized carbons (Fsp3) is 0.625. The van der Waals surface area contributed by atoms with E-state index in [9.17, 15) is 13.2 Å². The molecule has 1 aromatic carbocycles. The molecule has 0 radical (unpaired) electrons. The zero-order chi connectivity index (χ0) is 20.7. The third-order valence-corrected chi connectivity index (χ3v) is 9.52. The van der Waals surface area contributed by atoms with Gasteiger partial charge in [0.2, 0.25) is 15.9 Å². The second-order valence-corrected chi connectivity index (χ2v) is 11.7. The van der Waals surface area contributed by atoms with Gasteiger partial charge in [0.15, 0.2) is 0 Å². The Morgan fingerprint density at radius 1 is 0.933 bits per heavy atom. The third-order valence-electron chi connectivity index (χ3n) is 7.95. The summed E-state index contributed by atoms with van der Waals surface area (Å²) >= 11 is 0. The molecule has 1 N–H and O–H groups in total. The fourth-order valence-corrected chi connectivity index (χ4v) is 7.85. The van der Waals surface area contributed by atoms with Crippen LogP contribution in [0.25, 0.3) is 6.08 Å². The van der Waals surface area contributed by atoms with Gasteiger partial charge in [0.1, 0.15) is 0 Å². The fourth-order valence-electron chi connectivity index (χ4n) is 6.63. The number of benzene rings is 1. The molecule has 4 aliphatic carbocycles. The Morgan fingerprint density at radius 3 is 2.13 bits per heavy atom.